The van der Waals surface area contributed by atoms with Crippen molar-refractivity contribution in [2.24, 2.45) is 0 Å². The van der Waals surface area contributed by atoms with Gasteiger partial charge < -0.3 is 19.0 Å². The molecule has 1 aliphatic rings. The Bertz CT molecular complexity index is 511. The van der Waals surface area contributed by atoms with E-state index in [2.05, 4.69) is 0 Å². The molecule has 0 N–H and O–H groups in total. The number of carbonyl (C=O) groups is 3. The van der Waals surface area contributed by atoms with Gasteiger partial charge in [-0.05, 0) is 12.1 Å². The molecule has 2 amide bonds. The van der Waals surface area contributed by atoms with Crippen LogP contribution in [-0.4, -0.2) is 60.4 Å². The Kier molecular flexibility index (Phi) is 4.07. The van der Waals surface area contributed by atoms with Gasteiger partial charge in [0.15, 0.2) is 5.76 Å². The topological polar surface area (TPSA) is 80.1 Å². The van der Waals surface area contributed by atoms with Gasteiger partial charge in [0.2, 0.25) is 5.91 Å². The van der Waals surface area contributed by atoms with Gasteiger partial charge in [0.25, 0.3) is 5.91 Å². The molecule has 0 aromatic carbocycles. The SMILES string of the molecule is COC(=O)C1CN(C(=O)c2ccco2)CCN1C(C)=O. The molecular formula is C13H16N2O5. The molecular weight excluding hydrogens is 264 g/mol. The van der Waals surface area contributed by atoms with E-state index >= 15 is 0 Å². The minimum absolute atomic E-state index is 0.103. The van der Waals surface area contributed by atoms with Crippen LogP contribution in [0.25, 0.3) is 0 Å². The number of esters is 1. The van der Waals surface area contributed by atoms with E-state index in [1.165, 1.54) is 30.1 Å². The molecule has 2 heterocycles. The highest BCUT2D eigenvalue weighted by Gasteiger charge is 2.37. The molecule has 1 unspecified atom stereocenters. The van der Waals surface area contributed by atoms with Gasteiger partial charge in [-0.3, -0.25) is 9.59 Å². The standard InChI is InChI=1S/C13H16N2O5/c1-9(16)15-6-5-14(8-10(15)13(18)19-2)12(17)11-4-3-7-20-11/h3-4,7,10H,5-6,8H2,1-2H3. The predicted molar refractivity (Wildman–Crippen MR) is 67.8 cm³/mol. The molecule has 7 nitrogen and oxygen atoms in total. The van der Waals surface area contributed by atoms with Crippen LogP contribution in [0.15, 0.2) is 22.8 Å². The second-order valence-electron chi connectivity index (χ2n) is 4.48. The third-order valence-corrected chi connectivity index (χ3v) is 3.28. The lowest BCUT2D eigenvalue weighted by atomic mass is 10.1. The van der Waals surface area contributed by atoms with E-state index in [1.54, 1.807) is 12.1 Å². The number of amides is 2. The Morgan fingerprint density at radius 3 is 2.65 bits per heavy atom. The number of nitrogens with zero attached hydrogens (tertiary/aromatic N) is 2. The van der Waals surface area contributed by atoms with Crippen LogP contribution >= 0.6 is 0 Å². The van der Waals surface area contributed by atoms with Gasteiger partial charge in [0, 0.05) is 20.0 Å². The van der Waals surface area contributed by atoms with E-state index in [1.807, 2.05) is 0 Å². The molecule has 1 aromatic rings. The fraction of sp³-hybridized carbons (Fsp3) is 0.462. The molecule has 20 heavy (non-hydrogen) atoms. The van der Waals surface area contributed by atoms with Crippen molar-refractivity contribution in [1.82, 2.24) is 9.80 Å². The van der Waals surface area contributed by atoms with Gasteiger partial charge in [-0.1, -0.05) is 0 Å². The molecule has 0 saturated carbocycles. The molecule has 0 radical (unpaired) electrons. The highest BCUT2D eigenvalue weighted by atomic mass is 16.5. The highest BCUT2D eigenvalue weighted by Crippen LogP contribution is 2.15. The zero-order valence-corrected chi connectivity index (χ0v) is 11.4. The second-order valence-corrected chi connectivity index (χ2v) is 4.48. The number of methoxy groups -OCH3 is 1. The summed E-state index contributed by atoms with van der Waals surface area (Å²) in [6, 6.07) is 2.41. The van der Waals surface area contributed by atoms with Crippen LogP contribution in [0.1, 0.15) is 17.5 Å². The van der Waals surface area contributed by atoms with E-state index in [0.29, 0.717) is 13.1 Å². The van der Waals surface area contributed by atoms with Gasteiger partial charge in [-0.25, -0.2) is 4.79 Å². The lowest BCUT2D eigenvalue weighted by Gasteiger charge is -2.39. The van der Waals surface area contributed by atoms with Crippen LogP contribution in [0.3, 0.4) is 0 Å². The summed E-state index contributed by atoms with van der Waals surface area (Å²) >= 11 is 0. The highest BCUT2D eigenvalue weighted by molar-refractivity contribution is 5.92. The van der Waals surface area contributed by atoms with Crippen molar-refractivity contribution < 1.29 is 23.5 Å². The first-order valence-electron chi connectivity index (χ1n) is 6.22. The van der Waals surface area contributed by atoms with Gasteiger partial charge in [-0.2, -0.15) is 0 Å². The van der Waals surface area contributed by atoms with Gasteiger partial charge >= 0.3 is 5.97 Å². The Morgan fingerprint density at radius 1 is 1.35 bits per heavy atom. The zero-order valence-electron chi connectivity index (χ0n) is 11.4. The van der Waals surface area contributed by atoms with Gasteiger partial charge in [0.1, 0.15) is 6.04 Å². The zero-order chi connectivity index (χ0) is 14.7. The van der Waals surface area contributed by atoms with E-state index in [0.717, 1.165) is 0 Å². The minimum Gasteiger partial charge on any atom is -0.467 e. The number of carbonyl (C=O) groups excluding carboxylic acids is 3. The first-order chi connectivity index (χ1) is 9.54. The average Bonchev–Trinajstić information content (AvgIpc) is 2.99. The summed E-state index contributed by atoms with van der Waals surface area (Å²) in [5.41, 5.74) is 0. The summed E-state index contributed by atoms with van der Waals surface area (Å²) < 4.78 is 9.75. The van der Waals surface area contributed by atoms with Crippen molar-refractivity contribution >= 4 is 17.8 Å². The normalized spacial score (nSPS) is 18.8. The fourth-order valence-corrected chi connectivity index (χ4v) is 2.24. The van der Waals surface area contributed by atoms with Crippen LogP contribution in [-0.2, 0) is 14.3 Å². The van der Waals surface area contributed by atoms with Crippen molar-refractivity contribution in [1.29, 1.82) is 0 Å². The molecule has 0 spiro atoms. The Morgan fingerprint density at radius 2 is 2.10 bits per heavy atom. The Labute approximate surface area is 116 Å². The lowest BCUT2D eigenvalue weighted by Crippen LogP contribution is -2.59. The van der Waals surface area contributed by atoms with Crippen LogP contribution in [0.4, 0.5) is 0 Å². The van der Waals surface area contributed by atoms with Crippen molar-refractivity contribution in [3.63, 3.8) is 0 Å². The van der Waals surface area contributed by atoms with Crippen molar-refractivity contribution in [3.05, 3.63) is 24.2 Å². The number of rotatable bonds is 2. The van der Waals surface area contributed by atoms with E-state index in [-0.39, 0.29) is 24.1 Å². The molecule has 1 atom stereocenters. The number of ether oxygens (including phenoxy) is 1. The third-order valence-electron chi connectivity index (χ3n) is 3.28. The van der Waals surface area contributed by atoms with E-state index in [4.69, 9.17) is 9.15 Å². The maximum atomic E-state index is 12.2. The summed E-state index contributed by atoms with van der Waals surface area (Å²) in [5, 5.41) is 0. The number of piperazine rings is 1. The van der Waals surface area contributed by atoms with Crippen molar-refractivity contribution in [2.75, 3.05) is 26.7 Å². The summed E-state index contributed by atoms with van der Waals surface area (Å²) in [4.78, 5) is 38.4. The molecule has 1 aromatic heterocycles. The average molecular weight is 280 g/mol. The van der Waals surface area contributed by atoms with E-state index < -0.39 is 12.0 Å². The van der Waals surface area contributed by atoms with Crippen LogP contribution < -0.4 is 0 Å². The van der Waals surface area contributed by atoms with Crippen LogP contribution in [0.5, 0.6) is 0 Å². The summed E-state index contributed by atoms with van der Waals surface area (Å²) in [6.07, 6.45) is 1.41. The molecule has 1 aliphatic heterocycles. The number of hydrogen-bond acceptors (Lipinski definition) is 5. The van der Waals surface area contributed by atoms with Gasteiger partial charge in [0.05, 0.1) is 19.9 Å². The van der Waals surface area contributed by atoms with Crippen LogP contribution in [0.2, 0.25) is 0 Å². The monoisotopic (exact) mass is 280 g/mol. The maximum Gasteiger partial charge on any atom is 0.330 e. The summed E-state index contributed by atoms with van der Waals surface area (Å²) in [5.74, 6) is -0.834. The molecule has 108 valence electrons. The van der Waals surface area contributed by atoms with Crippen molar-refractivity contribution in [3.8, 4) is 0 Å². The molecule has 2 rings (SSSR count). The summed E-state index contributed by atoms with van der Waals surface area (Å²) in [7, 11) is 1.26. The maximum absolute atomic E-state index is 12.2. The molecule has 1 saturated heterocycles. The Hall–Kier alpha value is -2.31. The van der Waals surface area contributed by atoms with Gasteiger partial charge in [-0.15, -0.1) is 0 Å². The lowest BCUT2D eigenvalue weighted by molar-refractivity contribution is -0.154. The largest absolute Gasteiger partial charge is 0.467 e. The first-order valence-corrected chi connectivity index (χ1v) is 6.22. The quantitative estimate of drug-likeness (QED) is 0.719. The molecule has 1 fully saturated rings. The first kappa shape index (κ1) is 14.1. The minimum atomic E-state index is -0.773. The summed E-state index contributed by atoms with van der Waals surface area (Å²) in [6.45, 7) is 2.14. The second kappa shape index (κ2) is 5.77. The fourth-order valence-electron chi connectivity index (χ4n) is 2.24. The smallest absolute Gasteiger partial charge is 0.330 e. The van der Waals surface area contributed by atoms with Crippen LogP contribution in [0, 0.1) is 0 Å². The Balaban J connectivity index is 2.14. The number of furan rings is 1. The molecule has 0 bridgehead atoms. The number of hydrogen-bond donors (Lipinski definition) is 0. The van der Waals surface area contributed by atoms with Crippen molar-refractivity contribution in [2.45, 2.75) is 13.0 Å². The third kappa shape index (κ3) is 2.66. The van der Waals surface area contributed by atoms with E-state index in [9.17, 15) is 14.4 Å². The predicted octanol–water partition coefficient (Wildman–Crippen LogP) is 0.125. The molecule has 7 heteroatoms. The molecule has 0 aliphatic carbocycles.